The average Bonchev–Trinajstić information content (AvgIpc) is 2.90. The Balaban J connectivity index is 1.77. The topological polar surface area (TPSA) is 100 Å². The molecule has 1 saturated heterocycles. The van der Waals surface area contributed by atoms with E-state index in [2.05, 4.69) is 4.98 Å². The molecular formula is C28H29Cl2F2N3O5S. The monoisotopic (exact) mass is 627 g/mol. The standard InChI is InChI=1S/C28H29Cl2F2N3O5S/c1-28(2,3)35(27(36)37)16-19-15-34(10-11-40-19)25-13-21(23(30)14-33-25)26(22-12-18(31)6-9-24(22)32)41(38,39)20-7-4-17(29)5-8-20/h4-9,12-14,19,26H,10-11,15-16H2,1-3H3,(H,36,37). The first-order chi connectivity index (χ1) is 19.2. The summed E-state index contributed by atoms with van der Waals surface area (Å²) in [6.07, 6.45) is -0.330. The van der Waals surface area contributed by atoms with Crippen LogP contribution in [-0.2, 0) is 14.6 Å². The lowest BCUT2D eigenvalue weighted by Gasteiger charge is -2.39. The van der Waals surface area contributed by atoms with E-state index in [9.17, 15) is 22.7 Å². The number of sulfone groups is 1. The molecule has 0 radical (unpaired) electrons. The molecule has 41 heavy (non-hydrogen) atoms. The van der Waals surface area contributed by atoms with Gasteiger partial charge in [0.25, 0.3) is 0 Å². The predicted molar refractivity (Wildman–Crippen MR) is 153 cm³/mol. The van der Waals surface area contributed by atoms with Crippen LogP contribution in [0.4, 0.5) is 19.4 Å². The van der Waals surface area contributed by atoms with Crippen molar-refractivity contribution in [2.24, 2.45) is 0 Å². The number of rotatable bonds is 7. The van der Waals surface area contributed by atoms with Gasteiger partial charge in [0, 0.05) is 35.4 Å². The number of carboxylic acid groups (broad SMARTS) is 1. The summed E-state index contributed by atoms with van der Waals surface area (Å²) in [5.74, 6) is -1.42. The van der Waals surface area contributed by atoms with E-state index in [-0.39, 0.29) is 35.2 Å². The van der Waals surface area contributed by atoms with Gasteiger partial charge in [0.15, 0.2) is 9.84 Å². The van der Waals surface area contributed by atoms with Crippen LogP contribution in [0.1, 0.15) is 37.1 Å². The van der Waals surface area contributed by atoms with Crippen LogP contribution in [0.15, 0.2) is 59.6 Å². The Morgan fingerprint density at radius 3 is 2.46 bits per heavy atom. The second-order valence-corrected chi connectivity index (χ2v) is 13.5. The number of benzene rings is 2. The summed E-state index contributed by atoms with van der Waals surface area (Å²) in [6.45, 7) is 6.31. The Morgan fingerprint density at radius 1 is 1.15 bits per heavy atom. The number of morpholine rings is 1. The van der Waals surface area contributed by atoms with Crippen molar-refractivity contribution in [3.63, 3.8) is 0 Å². The highest BCUT2D eigenvalue weighted by molar-refractivity contribution is 7.92. The van der Waals surface area contributed by atoms with E-state index < -0.39 is 50.0 Å². The van der Waals surface area contributed by atoms with Crippen LogP contribution in [0.5, 0.6) is 0 Å². The number of pyridine rings is 1. The van der Waals surface area contributed by atoms with E-state index in [1.54, 1.807) is 20.8 Å². The first-order valence-corrected chi connectivity index (χ1v) is 15.0. The van der Waals surface area contributed by atoms with E-state index in [0.29, 0.717) is 17.4 Å². The zero-order valence-corrected chi connectivity index (χ0v) is 24.8. The van der Waals surface area contributed by atoms with Gasteiger partial charge in [-0.15, -0.1) is 0 Å². The third-order valence-corrected chi connectivity index (χ3v) is 9.36. The lowest BCUT2D eigenvalue weighted by molar-refractivity contribution is -0.000525. The third kappa shape index (κ3) is 6.91. The van der Waals surface area contributed by atoms with Gasteiger partial charge in [0.05, 0.1) is 29.2 Å². The second-order valence-electron chi connectivity index (χ2n) is 10.6. The Bertz CT molecular complexity index is 1530. The number of carbonyl (C=O) groups is 1. The quantitative estimate of drug-likeness (QED) is 0.332. The van der Waals surface area contributed by atoms with Crippen LogP contribution >= 0.6 is 23.2 Å². The molecule has 1 aliphatic rings. The Labute approximate surface area is 247 Å². The fraction of sp³-hybridized carbons (Fsp3) is 0.357. The molecule has 220 valence electrons. The van der Waals surface area contributed by atoms with Crippen molar-refractivity contribution >= 4 is 45.0 Å². The Kier molecular flexibility index (Phi) is 9.13. The minimum Gasteiger partial charge on any atom is -0.465 e. The van der Waals surface area contributed by atoms with E-state index in [4.69, 9.17) is 27.9 Å². The van der Waals surface area contributed by atoms with Crippen molar-refractivity contribution in [1.29, 1.82) is 0 Å². The minimum absolute atomic E-state index is 0.000938. The Morgan fingerprint density at radius 2 is 1.83 bits per heavy atom. The maximum atomic E-state index is 15.1. The molecule has 2 aromatic carbocycles. The van der Waals surface area contributed by atoms with Crippen molar-refractivity contribution in [3.8, 4) is 0 Å². The van der Waals surface area contributed by atoms with Gasteiger partial charge in [-0.3, -0.25) is 0 Å². The first-order valence-electron chi connectivity index (χ1n) is 12.7. The van der Waals surface area contributed by atoms with Crippen LogP contribution in [-0.4, -0.2) is 67.4 Å². The molecule has 2 atom stereocenters. The SMILES string of the molecule is CC(C)(C)N(CC1CN(c2cc(C(c3cc(F)ccc3F)S(=O)(=O)c3ccc(Cl)cc3)c(Cl)cn2)CCO1)C(=O)O. The molecule has 1 N–H and O–H groups in total. The number of hydrogen-bond acceptors (Lipinski definition) is 6. The van der Waals surface area contributed by atoms with Gasteiger partial charge in [-0.1, -0.05) is 23.2 Å². The Hall–Kier alpha value is -2.99. The van der Waals surface area contributed by atoms with Crippen molar-refractivity contribution in [3.05, 3.63) is 87.5 Å². The van der Waals surface area contributed by atoms with Crippen LogP contribution in [0.2, 0.25) is 10.0 Å². The zero-order chi connectivity index (χ0) is 30.1. The molecule has 0 spiro atoms. The molecule has 8 nitrogen and oxygen atoms in total. The molecule has 13 heteroatoms. The normalized spacial score (nSPS) is 16.9. The fourth-order valence-electron chi connectivity index (χ4n) is 4.67. The maximum absolute atomic E-state index is 15.1. The molecule has 2 heterocycles. The summed E-state index contributed by atoms with van der Waals surface area (Å²) >= 11 is 12.4. The van der Waals surface area contributed by atoms with Crippen LogP contribution in [0.3, 0.4) is 0 Å². The second kappa shape index (κ2) is 12.1. The molecule has 0 saturated carbocycles. The van der Waals surface area contributed by atoms with Gasteiger partial charge in [-0.2, -0.15) is 0 Å². The fourth-order valence-corrected chi connectivity index (χ4v) is 6.91. The van der Waals surface area contributed by atoms with Crippen molar-refractivity contribution in [2.45, 2.75) is 42.6 Å². The van der Waals surface area contributed by atoms with Gasteiger partial charge >= 0.3 is 6.09 Å². The maximum Gasteiger partial charge on any atom is 0.407 e. The van der Waals surface area contributed by atoms with Crippen LogP contribution in [0, 0.1) is 11.6 Å². The average molecular weight is 629 g/mol. The highest BCUT2D eigenvalue weighted by Crippen LogP contribution is 2.41. The van der Waals surface area contributed by atoms with Crippen molar-refractivity contribution in [1.82, 2.24) is 9.88 Å². The number of aromatic nitrogens is 1. The molecule has 0 aliphatic carbocycles. The van der Waals surface area contributed by atoms with E-state index >= 15 is 4.39 Å². The summed E-state index contributed by atoms with van der Waals surface area (Å²) < 4.78 is 63.3. The summed E-state index contributed by atoms with van der Waals surface area (Å²) in [5, 5.41) is 8.22. The number of ether oxygens (including phenoxy) is 1. The number of halogens is 4. The largest absolute Gasteiger partial charge is 0.465 e. The molecule has 3 aromatic rings. The lowest BCUT2D eigenvalue weighted by atomic mass is 10.0. The van der Waals surface area contributed by atoms with E-state index in [1.165, 1.54) is 41.4 Å². The minimum atomic E-state index is -4.38. The van der Waals surface area contributed by atoms with Crippen LogP contribution in [0.25, 0.3) is 0 Å². The summed E-state index contributed by atoms with van der Waals surface area (Å²) in [6, 6.07) is 9.38. The summed E-state index contributed by atoms with van der Waals surface area (Å²) in [7, 11) is -4.38. The predicted octanol–water partition coefficient (Wildman–Crippen LogP) is 6.21. The highest BCUT2D eigenvalue weighted by atomic mass is 35.5. The molecule has 1 fully saturated rings. The molecule has 1 aliphatic heterocycles. The number of amides is 1. The number of anilines is 1. The lowest BCUT2D eigenvalue weighted by Crippen LogP contribution is -2.53. The molecule has 1 amide bonds. The molecule has 0 bridgehead atoms. The third-order valence-electron chi connectivity index (χ3n) is 6.74. The van der Waals surface area contributed by atoms with Crippen molar-refractivity contribution in [2.75, 3.05) is 31.1 Å². The van der Waals surface area contributed by atoms with Gasteiger partial charge in [-0.25, -0.2) is 27.0 Å². The zero-order valence-electron chi connectivity index (χ0n) is 22.5. The number of hydrogen-bond donors (Lipinski definition) is 1. The van der Waals surface area contributed by atoms with Gasteiger partial charge in [0.2, 0.25) is 0 Å². The van der Waals surface area contributed by atoms with Gasteiger partial charge in [-0.05, 0) is 74.9 Å². The van der Waals surface area contributed by atoms with Gasteiger partial charge < -0.3 is 19.6 Å². The van der Waals surface area contributed by atoms with E-state index in [0.717, 1.165) is 18.2 Å². The first kappa shape index (κ1) is 31.0. The van der Waals surface area contributed by atoms with E-state index in [1.807, 2.05) is 4.90 Å². The molecule has 1 aromatic heterocycles. The van der Waals surface area contributed by atoms with Crippen molar-refractivity contribution < 1.29 is 31.8 Å². The molecule has 4 rings (SSSR count). The molecular weight excluding hydrogens is 599 g/mol. The highest BCUT2D eigenvalue weighted by Gasteiger charge is 2.36. The van der Waals surface area contributed by atoms with Crippen LogP contribution < -0.4 is 4.90 Å². The smallest absolute Gasteiger partial charge is 0.407 e. The molecule has 2 unspecified atom stereocenters. The number of nitrogens with zero attached hydrogens (tertiary/aromatic N) is 3. The summed E-state index contributed by atoms with van der Waals surface area (Å²) in [5.41, 5.74) is -1.08. The van der Waals surface area contributed by atoms with Gasteiger partial charge in [0.1, 0.15) is 22.7 Å². The summed E-state index contributed by atoms with van der Waals surface area (Å²) in [4.78, 5) is 19.2.